The monoisotopic (exact) mass is 507 g/mol. The topological polar surface area (TPSA) is 145 Å². The van der Waals surface area contributed by atoms with Gasteiger partial charge in [-0.1, -0.05) is 0 Å². The number of thiophene rings is 1. The first-order valence-electron chi connectivity index (χ1n) is 10.2. The number of nitrogens with zero attached hydrogens (tertiary/aromatic N) is 2. The van der Waals surface area contributed by atoms with Gasteiger partial charge in [0.25, 0.3) is 11.8 Å². The second-order valence-corrected chi connectivity index (χ2v) is 11.1. The quantitative estimate of drug-likeness (QED) is 0.514. The van der Waals surface area contributed by atoms with Gasteiger partial charge < -0.3 is 10.2 Å². The molecule has 1 aliphatic heterocycles. The molecular weight excluding hydrogens is 482 g/mol. The lowest BCUT2D eigenvalue weighted by Crippen LogP contribution is -2.41. The number of fused-ring (bicyclic) bond motifs is 1. The SMILES string of the molecule is CC(=O)NNC(=O)c1c(NC(=O)c2ccc(S(=O)(=O)N(C)C)cc2)sc2c1CCN(C(C)=O)C2. The number of hydrogen-bond donors (Lipinski definition) is 3. The minimum Gasteiger partial charge on any atom is -0.337 e. The zero-order valence-corrected chi connectivity index (χ0v) is 20.7. The van der Waals surface area contributed by atoms with Gasteiger partial charge in [0.05, 0.1) is 17.0 Å². The fourth-order valence-electron chi connectivity index (χ4n) is 3.37. The molecule has 2 aromatic rings. The highest BCUT2D eigenvalue weighted by Gasteiger charge is 2.30. The lowest BCUT2D eigenvalue weighted by atomic mass is 10.0. The van der Waals surface area contributed by atoms with E-state index in [0.29, 0.717) is 25.1 Å². The Hall–Kier alpha value is -3.29. The van der Waals surface area contributed by atoms with Crippen LogP contribution in [0.2, 0.25) is 0 Å². The molecule has 0 radical (unpaired) electrons. The van der Waals surface area contributed by atoms with E-state index in [0.717, 1.165) is 9.18 Å². The van der Waals surface area contributed by atoms with Crippen LogP contribution in [0.3, 0.4) is 0 Å². The van der Waals surface area contributed by atoms with Crippen molar-refractivity contribution in [2.45, 2.75) is 31.7 Å². The first-order chi connectivity index (χ1) is 15.9. The van der Waals surface area contributed by atoms with Crippen molar-refractivity contribution in [2.24, 2.45) is 0 Å². The molecular formula is C21H25N5O6S2. The van der Waals surface area contributed by atoms with Crippen LogP contribution >= 0.6 is 11.3 Å². The minimum absolute atomic E-state index is 0.0420. The van der Waals surface area contributed by atoms with Gasteiger partial charge in [0.2, 0.25) is 21.8 Å². The summed E-state index contributed by atoms with van der Waals surface area (Å²) in [5, 5.41) is 2.99. The van der Waals surface area contributed by atoms with Gasteiger partial charge in [-0.2, -0.15) is 0 Å². The highest BCUT2D eigenvalue weighted by Crippen LogP contribution is 2.37. The number of rotatable bonds is 5. The number of hydrogen-bond acceptors (Lipinski definition) is 7. The van der Waals surface area contributed by atoms with E-state index >= 15 is 0 Å². The van der Waals surface area contributed by atoms with Crippen LogP contribution in [0, 0.1) is 0 Å². The van der Waals surface area contributed by atoms with Crippen molar-refractivity contribution in [3.05, 3.63) is 45.8 Å². The number of sulfonamides is 1. The van der Waals surface area contributed by atoms with Crippen LogP contribution in [0.25, 0.3) is 0 Å². The molecule has 3 rings (SSSR count). The minimum atomic E-state index is -3.64. The fraction of sp³-hybridized carbons (Fsp3) is 0.333. The molecule has 4 amide bonds. The van der Waals surface area contributed by atoms with Crippen LogP contribution in [0.5, 0.6) is 0 Å². The largest absolute Gasteiger partial charge is 0.337 e. The first-order valence-corrected chi connectivity index (χ1v) is 12.5. The van der Waals surface area contributed by atoms with Crippen molar-refractivity contribution in [3.63, 3.8) is 0 Å². The lowest BCUT2D eigenvalue weighted by molar-refractivity contribution is -0.129. The van der Waals surface area contributed by atoms with E-state index < -0.39 is 27.7 Å². The number of anilines is 1. The zero-order valence-electron chi connectivity index (χ0n) is 19.1. The summed E-state index contributed by atoms with van der Waals surface area (Å²) in [4.78, 5) is 51.2. The van der Waals surface area contributed by atoms with E-state index in [-0.39, 0.29) is 26.9 Å². The molecule has 1 aliphatic rings. The summed E-state index contributed by atoms with van der Waals surface area (Å²) >= 11 is 1.18. The van der Waals surface area contributed by atoms with Crippen molar-refractivity contribution in [2.75, 3.05) is 26.0 Å². The Morgan fingerprint density at radius 3 is 2.21 bits per heavy atom. The molecule has 0 unspecified atom stereocenters. The molecule has 1 aromatic carbocycles. The molecule has 11 nitrogen and oxygen atoms in total. The maximum atomic E-state index is 12.9. The van der Waals surface area contributed by atoms with Gasteiger partial charge in [0.1, 0.15) is 5.00 Å². The number of hydrazine groups is 1. The maximum Gasteiger partial charge on any atom is 0.272 e. The van der Waals surface area contributed by atoms with Crippen LogP contribution in [-0.4, -0.2) is 61.9 Å². The first kappa shape index (κ1) is 25.3. The molecule has 1 aromatic heterocycles. The van der Waals surface area contributed by atoms with Crippen molar-refractivity contribution in [3.8, 4) is 0 Å². The van der Waals surface area contributed by atoms with E-state index in [1.807, 2.05) is 0 Å². The normalized spacial score (nSPS) is 13.3. The highest BCUT2D eigenvalue weighted by molar-refractivity contribution is 7.89. The van der Waals surface area contributed by atoms with Gasteiger partial charge in [0.15, 0.2) is 0 Å². The second-order valence-electron chi connectivity index (χ2n) is 7.80. The molecule has 0 saturated carbocycles. The van der Waals surface area contributed by atoms with Crippen LogP contribution in [0.1, 0.15) is 45.0 Å². The van der Waals surface area contributed by atoms with E-state index in [2.05, 4.69) is 16.2 Å². The van der Waals surface area contributed by atoms with Gasteiger partial charge in [-0.05, 0) is 36.2 Å². The van der Waals surface area contributed by atoms with Gasteiger partial charge in [-0.15, -0.1) is 11.3 Å². The Morgan fingerprint density at radius 2 is 1.65 bits per heavy atom. The Bertz CT molecular complexity index is 1250. The predicted molar refractivity (Wildman–Crippen MR) is 126 cm³/mol. The molecule has 182 valence electrons. The van der Waals surface area contributed by atoms with Gasteiger partial charge in [-0.3, -0.25) is 30.0 Å². The smallest absolute Gasteiger partial charge is 0.272 e. The van der Waals surface area contributed by atoms with E-state index in [9.17, 15) is 27.6 Å². The van der Waals surface area contributed by atoms with Crippen molar-refractivity contribution < 1.29 is 27.6 Å². The Morgan fingerprint density at radius 1 is 1.00 bits per heavy atom. The molecule has 3 N–H and O–H groups in total. The Kier molecular flexibility index (Phi) is 7.38. The maximum absolute atomic E-state index is 12.9. The van der Waals surface area contributed by atoms with E-state index in [1.54, 1.807) is 4.90 Å². The van der Waals surface area contributed by atoms with Crippen LogP contribution in [0.15, 0.2) is 29.2 Å². The van der Waals surface area contributed by atoms with Crippen molar-refractivity contribution in [1.82, 2.24) is 20.1 Å². The average Bonchev–Trinajstić information content (AvgIpc) is 3.14. The molecule has 2 heterocycles. The third-order valence-corrected chi connectivity index (χ3v) is 8.16. The van der Waals surface area contributed by atoms with Gasteiger partial charge >= 0.3 is 0 Å². The number of carbonyl (C=O) groups is 4. The summed E-state index contributed by atoms with van der Waals surface area (Å²) in [5.74, 6) is -1.68. The summed E-state index contributed by atoms with van der Waals surface area (Å²) in [6.07, 6.45) is 0.418. The Labute approximate surface area is 201 Å². The lowest BCUT2D eigenvalue weighted by Gasteiger charge is -2.26. The summed E-state index contributed by atoms with van der Waals surface area (Å²) in [7, 11) is -0.816. The molecule has 0 fully saturated rings. The molecule has 0 aliphatic carbocycles. The van der Waals surface area contributed by atoms with Gasteiger partial charge in [-0.25, -0.2) is 12.7 Å². The van der Waals surface area contributed by atoms with Crippen LogP contribution < -0.4 is 16.2 Å². The molecule has 0 spiro atoms. The van der Waals surface area contributed by atoms with E-state index in [1.165, 1.54) is 63.5 Å². The molecule has 0 atom stereocenters. The van der Waals surface area contributed by atoms with Gasteiger partial charge in [0, 0.05) is 44.9 Å². The van der Waals surface area contributed by atoms with Crippen LogP contribution in [-0.2, 0) is 32.6 Å². The molecule has 13 heteroatoms. The molecule has 0 bridgehead atoms. The zero-order chi connectivity index (χ0) is 25.2. The van der Waals surface area contributed by atoms with Crippen LogP contribution in [0.4, 0.5) is 5.00 Å². The number of amides is 4. The molecule has 0 saturated heterocycles. The third kappa shape index (κ3) is 5.26. The number of nitrogens with one attached hydrogen (secondary N) is 3. The summed E-state index contributed by atoms with van der Waals surface area (Å²) in [6, 6.07) is 5.43. The number of carbonyl (C=O) groups excluding carboxylic acids is 4. The fourth-order valence-corrected chi connectivity index (χ4v) is 5.53. The van der Waals surface area contributed by atoms with Crippen molar-refractivity contribution >= 4 is 50.0 Å². The third-order valence-electron chi connectivity index (χ3n) is 5.20. The summed E-state index contributed by atoms with van der Waals surface area (Å²) < 4.78 is 25.6. The number of benzene rings is 1. The van der Waals surface area contributed by atoms with E-state index in [4.69, 9.17) is 0 Å². The average molecular weight is 508 g/mol. The summed E-state index contributed by atoms with van der Waals surface area (Å²) in [6.45, 7) is 3.44. The molecule has 34 heavy (non-hydrogen) atoms. The summed E-state index contributed by atoms with van der Waals surface area (Å²) in [5.41, 5.74) is 5.68. The van der Waals surface area contributed by atoms with Crippen molar-refractivity contribution in [1.29, 1.82) is 0 Å². The second kappa shape index (κ2) is 9.91. The standard InChI is InChI=1S/C21H25N5O6S2/c1-12(27)23-24-20(30)18-16-9-10-26(13(2)28)11-17(16)33-21(18)22-19(29)14-5-7-15(8-6-14)34(31,32)25(3)4/h5-8H,9-11H2,1-4H3,(H,22,29)(H,23,27)(H,24,30). The predicted octanol–water partition coefficient (Wildman–Crippen LogP) is 0.936. The highest BCUT2D eigenvalue weighted by atomic mass is 32.2. The Balaban J connectivity index is 1.91.